The average Bonchev–Trinajstić information content (AvgIpc) is 2.80. The Morgan fingerprint density at radius 1 is 1.28 bits per heavy atom. The van der Waals surface area contributed by atoms with Gasteiger partial charge in [0, 0.05) is 17.6 Å². The monoisotopic (exact) mass is 405 g/mol. The number of esters is 1. The first-order chi connectivity index (χ1) is 11.8. The molecule has 0 radical (unpaired) electrons. The van der Waals surface area contributed by atoms with Gasteiger partial charge in [-0.25, -0.2) is 4.79 Å². The highest BCUT2D eigenvalue weighted by atomic mass is 79.9. The van der Waals surface area contributed by atoms with Gasteiger partial charge in [-0.05, 0) is 44.5 Å². The number of benzene rings is 1. The molecule has 132 valence electrons. The van der Waals surface area contributed by atoms with E-state index < -0.39 is 18.0 Å². The summed E-state index contributed by atoms with van der Waals surface area (Å²) in [7, 11) is 1.80. The third kappa shape index (κ3) is 5.03. The molecule has 0 bridgehead atoms. The second kappa shape index (κ2) is 8.11. The number of ether oxygens (including phenoxy) is 1. The Morgan fingerprint density at radius 2 is 1.92 bits per heavy atom. The number of aromatic nitrogens is 2. The number of halogens is 1. The van der Waals surface area contributed by atoms with Gasteiger partial charge in [0.05, 0.1) is 17.1 Å². The lowest BCUT2D eigenvalue weighted by Crippen LogP contribution is -2.29. The summed E-state index contributed by atoms with van der Waals surface area (Å²) in [5, 5.41) is 6.99. The van der Waals surface area contributed by atoms with Gasteiger partial charge in [0.15, 0.2) is 6.10 Å². The van der Waals surface area contributed by atoms with Crippen molar-refractivity contribution >= 4 is 39.6 Å². The fourth-order valence-corrected chi connectivity index (χ4v) is 2.45. The summed E-state index contributed by atoms with van der Waals surface area (Å²) in [5.74, 6) is -0.977. The van der Waals surface area contributed by atoms with Gasteiger partial charge in [-0.3, -0.25) is 9.48 Å². The van der Waals surface area contributed by atoms with Crippen molar-refractivity contribution in [3.63, 3.8) is 0 Å². The summed E-state index contributed by atoms with van der Waals surface area (Å²) in [5.41, 5.74) is 3.04. The first kappa shape index (κ1) is 18.9. The molecule has 0 unspecified atom stereocenters. The van der Waals surface area contributed by atoms with Gasteiger partial charge in [0.25, 0.3) is 5.91 Å². The van der Waals surface area contributed by atoms with E-state index in [1.165, 1.54) is 13.0 Å². The van der Waals surface area contributed by atoms with Crippen molar-refractivity contribution in [2.75, 3.05) is 5.32 Å². The minimum absolute atomic E-state index is 0.399. The molecule has 1 aromatic heterocycles. The van der Waals surface area contributed by atoms with E-state index in [-0.39, 0.29) is 0 Å². The number of rotatable bonds is 5. The van der Waals surface area contributed by atoms with Crippen LogP contribution < -0.4 is 5.32 Å². The molecule has 25 heavy (non-hydrogen) atoms. The summed E-state index contributed by atoms with van der Waals surface area (Å²) in [6, 6.07) is 7.47. The summed E-state index contributed by atoms with van der Waals surface area (Å²) >= 11 is 3.35. The Hall–Kier alpha value is -2.41. The minimum atomic E-state index is -0.916. The average molecular weight is 406 g/mol. The molecule has 1 N–H and O–H groups in total. The summed E-state index contributed by atoms with van der Waals surface area (Å²) in [6.45, 7) is 5.19. The molecule has 0 aliphatic carbocycles. The second-order valence-corrected chi connectivity index (χ2v) is 6.54. The molecule has 0 aliphatic heterocycles. The van der Waals surface area contributed by atoms with Gasteiger partial charge in [0.1, 0.15) is 0 Å². The first-order valence-corrected chi connectivity index (χ1v) is 8.52. The number of hydrogen-bond acceptors (Lipinski definition) is 4. The molecular formula is C18H20BrN3O3. The van der Waals surface area contributed by atoms with Gasteiger partial charge in [-0.15, -0.1) is 0 Å². The van der Waals surface area contributed by atoms with Crippen molar-refractivity contribution < 1.29 is 14.3 Å². The Bertz CT molecular complexity index is 810. The zero-order valence-corrected chi connectivity index (χ0v) is 16.1. The molecule has 0 spiro atoms. The van der Waals surface area contributed by atoms with Crippen LogP contribution in [0.2, 0.25) is 0 Å². The highest BCUT2D eigenvalue weighted by Crippen LogP contribution is 2.18. The highest BCUT2D eigenvalue weighted by molar-refractivity contribution is 9.10. The number of nitrogens with zero attached hydrogens (tertiary/aromatic N) is 2. The van der Waals surface area contributed by atoms with Crippen LogP contribution in [0.4, 0.5) is 5.69 Å². The summed E-state index contributed by atoms with van der Waals surface area (Å²) < 4.78 is 7.78. The van der Waals surface area contributed by atoms with Gasteiger partial charge in [0.2, 0.25) is 0 Å². The molecule has 2 aromatic rings. The Balaban J connectivity index is 1.93. The van der Waals surface area contributed by atoms with E-state index in [2.05, 4.69) is 26.3 Å². The topological polar surface area (TPSA) is 73.2 Å². The normalized spacial score (nSPS) is 12.2. The second-order valence-electron chi connectivity index (χ2n) is 5.62. The lowest BCUT2D eigenvalue weighted by Gasteiger charge is -2.12. The van der Waals surface area contributed by atoms with Crippen molar-refractivity contribution in [3.8, 4) is 0 Å². The smallest absolute Gasteiger partial charge is 0.331 e. The predicted molar refractivity (Wildman–Crippen MR) is 100 cm³/mol. The van der Waals surface area contributed by atoms with Crippen LogP contribution in [-0.4, -0.2) is 27.8 Å². The maximum absolute atomic E-state index is 12.2. The van der Waals surface area contributed by atoms with Gasteiger partial charge >= 0.3 is 5.97 Å². The van der Waals surface area contributed by atoms with Crippen LogP contribution in [0, 0.1) is 13.8 Å². The molecule has 7 heteroatoms. The van der Waals surface area contributed by atoms with Crippen LogP contribution in [0.1, 0.15) is 23.9 Å². The number of anilines is 1. The summed E-state index contributed by atoms with van der Waals surface area (Å²) in [4.78, 5) is 24.1. The molecule has 0 saturated heterocycles. The highest BCUT2D eigenvalue weighted by Gasteiger charge is 2.20. The minimum Gasteiger partial charge on any atom is -0.449 e. The zero-order chi connectivity index (χ0) is 18.6. The molecule has 2 rings (SSSR count). The molecule has 6 nitrogen and oxygen atoms in total. The number of hydrogen-bond donors (Lipinski definition) is 1. The number of amides is 1. The maximum atomic E-state index is 12.2. The van der Waals surface area contributed by atoms with Gasteiger partial charge in [-0.2, -0.15) is 5.10 Å². The van der Waals surface area contributed by atoms with Crippen LogP contribution in [0.5, 0.6) is 0 Å². The Labute approximate surface area is 155 Å². The number of nitrogens with one attached hydrogen (secondary N) is 1. The molecule has 1 heterocycles. The molecule has 0 fully saturated rings. The van der Waals surface area contributed by atoms with Crippen LogP contribution in [0.3, 0.4) is 0 Å². The molecule has 1 aromatic carbocycles. The largest absolute Gasteiger partial charge is 0.449 e. The maximum Gasteiger partial charge on any atom is 0.331 e. The van der Waals surface area contributed by atoms with Gasteiger partial charge < -0.3 is 10.1 Å². The van der Waals surface area contributed by atoms with E-state index in [0.717, 1.165) is 15.7 Å². The van der Waals surface area contributed by atoms with E-state index in [1.54, 1.807) is 24.7 Å². The number of aryl methyl sites for hydroxylation is 2. The van der Waals surface area contributed by atoms with Crippen molar-refractivity contribution in [2.45, 2.75) is 26.9 Å². The standard InChI is InChI=1S/C18H20BrN3O3/c1-11-17(12(2)22(4)21-11)20-18(24)13(3)25-16(23)10-7-14-5-8-15(19)9-6-14/h5-10,13H,1-4H3,(H,20,24)/b10-7+/t13-/m1/s1. The molecule has 0 aliphatic rings. The van der Waals surface area contributed by atoms with Crippen LogP contribution >= 0.6 is 15.9 Å². The molecule has 1 atom stereocenters. The van der Waals surface area contributed by atoms with E-state index in [9.17, 15) is 9.59 Å². The fourth-order valence-electron chi connectivity index (χ4n) is 2.18. The fraction of sp³-hybridized carbons (Fsp3) is 0.278. The SMILES string of the molecule is Cc1nn(C)c(C)c1NC(=O)[C@@H](C)OC(=O)/C=C/c1ccc(Br)cc1. The first-order valence-electron chi connectivity index (χ1n) is 7.73. The third-order valence-corrected chi connectivity index (χ3v) is 4.23. The van der Waals surface area contributed by atoms with Crippen molar-refractivity contribution in [1.82, 2.24) is 9.78 Å². The van der Waals surface area contributed by atoms with E-state index >= 15 is 0 Å². The third-order valence-electron chi connectivity index (χ3n) is 3.70. The van der Waals surface area contributed by atoms with Crippen molar-refractivity contribution in [1.29, 1.82) is 0 Å². The van der Waals surface area contributed by atoms with Gasteiger partial charge in [-0.1, -0.05) is 28.1 Å². The Morgan fingerprint density at radius 3 is 2.48 bits per heavy atom. The number of carbonyl (C=O) groups excluding carboxylic acids is 2. The van der Waals surface area contributed by atoms with Crippen LogP contribution in [-0.2, 0) is 21.4 Å². The predicted octanol–water partition coefficient (Wildman–Crippen LogP) is 3.38. The zero-order valence-electron chi connectivity index (χ0n) is 14.5. The van der Waals surface area contributed by atoms with Crippen LogP contribution in [0.15, 0.2) is 34.8 Å². The Kier molecular flexibility index (Phi) is 6.14. The molecule has 0 saturated carbocycles. The summed E-state index contributed by atoms with van der Waals surface area (Å²) in [6.07, 6.45) is 2.02. The molecular weight excluding hydrogens is 386 g/mol. The van der Waals surface area contributed by atoms with Crippen LogP contribution in [0.25, 0.3) is 6.08 Å². The lowest BCUT2D eigenvalue weighted by molar-refractivity contribution is -0.148. The quantitative estimate of drug-likeness (QED) is 0.611. The molecule has 1 amide bonds. The lowest BCUT2D eigenvalue weighted by atomic mass is 10.2. The van der Waals surface area contributed by atoms with E-state index in [1.807, 2.05) is 31.2 Å². The van der Waals surface area contributed by atoms with Crippen molar-refractivity contribution in [3.05, 3.63) is 51.8 Å². The van der Waals surface area contributed by atoms with E-state index in [0.29, 0.717) is 11.4 Å². The van der Waals surface area contributed by atoms with Crippen molar-refractivity contribution in [2.24, 2.45) is 7.05 Å². The number of carbonyl (C=O) groups is 2. The van der Waals surface area contributed by atoms with E-state index in [4.69, 9.17) is 4.74 Å².